The Balaban J connectivity index is 2.01. The third-order valence-corrected chi connectivity index (χ3v) is 3.17. The Morgan fingerprint density at radius 2 is 1.95 bits per heavy atom. The first-order valence-corrected chi connectivity index (χ1v) is 6.79. The van der Waals surface area contributed by atoms with E-state index in [1.165, 1.54) is 18.2 Å². The third kappa shape index (κ3) is 5.09. The smallest absolute Gasteiger partial charge is 0.489 e. The molecule has 0 saturated carbocycles. The zero-order valence-corrected chi connectivity index (χ0v) is 12.7. The van der Waals surface area contributed by atoms with E-state index in [4.69, 9.17) is 16.3 Å². The van der Waals surface area contributed by atoms with Crippen LogP contribution in [-0.4, -0.2) is 11.3 Å². The molecule has 0 bridgehead atoms. The van der Waals surface area contributed by atoms with Crippen LogP contribution in [0.2, 0.25) is 5.15 Å². The van der Waals surface area contributed by atoms with Crippen molar-refractivity contribution in [3.8, 4) is 11.5 Å². The van der Waals surface area contributed by atoms with Crippen LogP contribution in [0.3, 0.4) is 0 Å². The summed E-state index contributed by atoms with van der Waals surface area (Å²) < 4.78 is 45.8. The zero-order valence-electron chi connectivity index (χ0n) is 10.3. The quantitative estimate of drug-likeness (QED) is 0.699. The van der Waals surface area contributed by atoms with Crippen molar-refractivity contribution in [3.05, 3.63) is 51.7 Å². The Morgan fingerprint density at radius 3 is 2.52 bits per heavy atom. The molecule has 0 aliphatic carbocycles. The fourth-order valence-corrected chi connectivity index (χ4v) is 1.99. The number of rotatable bonds is 4. The van der Waals surface area contributed by atoms with Crippen LogP contribution < -0.4 is 9.47 Å². The molecule has 0 spiro atoms. The van der Waals surface area contributed by atoms with Crippen molar-refractivity contribution >= 4 is 27.5 Å². The third-order valence-electron chi connectivity index (χ3n) is 2.32. The lowest BCUT2D eigenvalue weighted by atomic mass is 10.3. The molecule has 8 heteroatoms. The maximum Gasteiger partial charge on any atom is 0.573 e. The van der Waals surface area contributed by atoms with Crippen molar-refractivity contribution < 1.29 is 22.6 Å². The van der Waals surface area contributed by atoms with Crippen LogP contribution in [-0.2, 0) is 6.61 Å². The summed E-state index contributed by atoms with van der Waals surface area (Å²) in [6, 6.07) is 7.31. The van der Waals surface area contributed by atoms with Crippen LogP contribution in [0.4, 0.5) is 13.2 Å². The van der Waals surface area contributed by atoms with E-state index < -0.39 is 6.36 Å². The highest BCUT2D eigenvalue weighted by Gasteiger charge is 2.31. The lowest BCUT2D eigenvalue weighted by Gasteiger charge is -2.12. The van der Waals surface area contributed by atoms with E-state index in [0.29, 0.717) is 10.9 Å². The van der Waals surface area contributed by atoms with Gasteiger partial charge < -0.3 is 9.47 Å². The Labute approximate surface area is 131 Å². The van der Waals surface area contributed by atoms with Gasteiger partial charge >= 0.3 is 6.36 Å². The maximum atomic E-state index is 12.1. The SMILES string of the molecule is FC(F)(F)Oc1ccc(OCc2ccc(Cl)nc2)cc1Br. The second-order valence-electron chi connectivity index (χ2n) is 3.92. The molecule has 0 radical (unpaired) electrons. The normalized spacial score (nSPS) is 11.3. The van der Waals surface area contributed by atoms with Gasteiger partial charge in [0.05, 0.1) is 4.47 Å². The van der Waals surface area contributed by atoms with E-state index >= 15 is 0 Å². The predicted octanol–water partition coefficient (Wildman–Crippen LogP) is 4.98. The highest BCUT2D eigenvalue weighted by molar-refractivity contribution is 9.10. The minimum Gasteiger partial charge on any atom is -0.489 e. The van der Waals surface area contributed by atoms with Gasteiger partial charge in [-0.15, -0.1) is 13.2 Å². The molecule has 112 valence electrons. The molecule has 3 nitrogen and oxygen atoms in total. The number of benzene rings is 1. The van der Waals surface area contributed by atoms with Crippen LogP contribution in [0.1, 0.15) is 5.56 Å². The topological polar surface area (TPSA) is 31.4 Å². The van der Waals surface area contributed by atoms with E-state index in [1.54, 1.807) is 18.3 Å². The van der Waals surface area contributed by atoms with Crippen LogP contribution in [0.25, 0.3) is 0 Å². The molecule has 0 N–H and O–H groups in total. The summed E-state index contributed by atoms with van der Waals surface area (Å²) >= 11 is 8.66. The van der Waals surface area contributed by atoms with Gasteiger partial charge in [-0.25, -0.2) is 4.98 Å². The van der Waals surface area contributed by atoms with E-state index in [1.807, 2.05) is 0 Å². The number of halogens is 5. The molecule has 1 aromatic heterocycles. The summed E-state index contributed by atoms with van der Waals surface area (Å²) in [6.07, 6.45) is -3.18. The predicted molar refractivity (Wildman–Crippen MR) is 74.4 cm³/mol. The van der Waals surface area contributed by atoms with Crippen molar-refractivity contribution in [3.63, 3.8) is 0 Å². The molecule has 0 aliphatic rings. The van der Waals surface area contributed by atoms with Crippen molar-refractivity contribution in [1.82, 2.24) is 4.98 Å². The summed E-state index contributed by atoms with van der Waals surface area (Å²) in [7, 11) is 0. The molecular weight excluding hydrogens is 374 g/mol. The molecule has 0 atom stereocenters. The van der Waals surface area contributed by atoms with E-state index in [9.17, 15) is 13.2 Å². The van der Waals surface area contributed by atoms with E-state index in [-0.39, 0.29) is 16.8 Å². The number of pyridine rings is 1. The summed E-state index contributed by atoms with van der Waals surface area (Å²) in [4.78, 5) is 3.89. The number of hydrogen-bond acceptors (Lipinski definition) is 3. The van der Waals surface area contributed by atoms with Crippen molar-refractivity contribution in [2.45, 2.75) is 13.0 Å². The van der Waals surface area contributed by atoms with Gasteiger partial charge in [-0.3, -0.25) is 0 Å². The highest BCUT2D eigenvalue weighted by atomic mass is 79.9. The van der Waals surface area contributed by atoms with Gasteiger partial charge in [0, 0.05) is 11.8 Å². The minimum atomic E-state index is -4.74. The first-order chi connectivity index (χ1) is 9.83. The number of nitrogens with zero attached hydrogens (tertiary/aromatic N) is 1. The lowest BCUT2D eigenvalue weighted by molar-refractivity contribution is -0.274. The average Bonchev–Trinajstić information content (AvgIpc) is 2.40. The van der Waals surface area contributed by atoms with Crippen molar-refractivity contribution in [1.29, 1.82) is 0 Å². The number of aromatic nitrogens is 1. The molecule has 0 fully saturated rings. The average molecular weight is 383 g/mol. The van der Waals surface area contributed by atoms with E-state index in [2.05, 4.69) is 25.7 Å². The van der Waals surface area contributed by atoms with Gasteiger partial charge in [-0.1, -0.05) is 17.7 Å². The Kier molecular flexibility index (Phi) is 4.95. The fourth-order valence-electron chi connectivity index (χ4n) is 1.44. The molecule has 1 heterocycles. The van der Waals surface area contributed by atoms with Crippen LogP contribution in [0.5, 0.6) is 11.5 Å². The second kappa shape index (κ2) is 6.53. The molecule has 0 aliphatic heterocycles. The molecule has 0 saturated heterocycles. The number of hydrogen-bond donors (Lipinski definition) is 0. The number of alkyl halides is 3. The maximum absolute atomic E-state index is 12.1. The second-order valence-corrected chi connectivity index (χ2v) is 5.16. The zero-order chi connectivity index (χ0) is 15.5. The summed E-state index contributed by atoms with van der Waals surface area (Å²) in [5.41, 5.74) is 0.783. The largest absolute Gasteiger partial charge is 0.573 e. The molecule has 2 rings (SSSR count). The standard InChI is InChI=1S/C13H8BrClF3NO2/c14-10-5-9(2-3-11(10)21-13(16,17)18)20-7-8-1-4-12(15)19-6-8/h1-6H,7H2. The van der Waals surface area contributed by atoms with E-state index in [0.717, 1.165) is 5.56 Å². The Morgan fingerprint density at radius 1 is 1.19 bits per heavy atom. The molecule has 0 amide bonds. The van der Waals surface area contributed by atoms with Gasteiger partial charge in [0.1, 0.15) is 23.3 Å². The van der Waals surface area contributed by atoms with Crippen molar-refractivity contribution in [2.75, 3.05) is 0 Å². The molecule has 0 unspecified atom stereocenters. The minimum absolute atomic E-state index is 0.145. The molecule has 1 aromatic carbocycles. The molecule has 2 aromatic rings. The van der Waals surface area contributed by atoms with Gasteiger partial charge in [0.2, 0.25) is 0 Å². The highest BCUT2D eigenvalue weighted by Crippen LogP contribution is 2.33. The first kappa shape index (κ1) is 15.9. The Hall–Kier alpha value is -1.47. The van der Waals surface area contributed by atoms with Crippen molar-refractivity contribution in [2.24, 2.45) is 0 Å². The van der Waals surface area contributed by atoms with Crippen LogP contribution >= 0.6 is 27.5 Å². The summed E-state index contributed by atoms with van der Waals surface area (Å²) in [5.74, 6) is 0.0642. The first-order valence-electron chi connectivity index (χ1n) is 5.62. The summed E-state index contributed by atoms with van der Waals surface area (Å²) in [6.45, 7) is 0.218. The van der Waals surface area contributed by atoms with Crippen LogP contribution in [0, 0.1) is 0 Å². The van der Waals surface area contributed by atoms with Gasteiger partial charge in [0.15, 0.2) is 0 Å². The van der Waals surface area contributed by atoms with Crippen LogP contribution in [0.15, 0.2) is 41.0 Å². The summed E-state index contributed by atoms with van der Waals surface area (Å²) in [5, 5.41) is 0.371. The lowest BCUT2D eigenvalue weighted by Crippen LogP contribution is -2.17. The Bertz CT molecular complexity index is 620. The van der Waals surface area contributed by atoms with Gasteiger partial charge in [-0.05, 0) is 40.2 Å². The fraction of sp³-hybridized carbons (Fsp3) is 0.154. The van der Waals surface area contributed by atoms with Gasteiger partial charge in [0.25, 0.3) is 0 Å². The molecular formula is C13H8BrClF3NO2. The van der Waals surface area contributed by atoms with Gasteiger partial charge in [-0.2, -0.15) is 0 Å². The monoisotopic (exact) mass is 381 g/mol. The molecule has 21 heavy (non-hydrogen) atoms. The number of ether oxygens (including phenoxy) is 2.